The monoisotopic (exact) mass is 524 g/mol. The lowest BCUT2D eigenvalue weighted by molar-refractivity contribution is -0.138. The lowest BCUT2D eigenvalue weighted by atomic mass is 9.91. The van der Waals surface area contributed by atoms with E-state index in [1.807, 2.05) is 24.3 Å². The van der Waals surface area contributed by atoms with Gasteiger partial charge in [0.05, 0.1) is 29.9 Å². The Morgan fingerprint density at radius 3 is 2.67 bits per heavy atom. The molecule has 0 atom stereocenters. The molecule has 5 heterocycles. The Morgan fingerprint density at radius 1 is 1.14 bits per heavy atom. The number of methoxy groups -OCH3 is 1. The number of aromatic nitrogens is 1. The minimum absolute atomic E-state index is 0.119. The molecule has 10 heteroatoms. The van der Waals surface area contributed by atoms with Crippen LogP contribution < -0.4 is 4.90 Å². The van der Waals surface area contributed by atoms with Crippen LogP contribution in [0, 0.1) is 0 Å². The van der Waals surface area contributed by atoms with E-state index in [9.17, 15) is 14.4 Å². The predicted molar refractivity (Wildman–Crippen MR) is 138 cm³/mol. The standard InChI is InChI=1S/C26H25ClN4O4S/c1-35-26(34)29-12-17(13-29)30-8-2-3-15-9-16(27)10-20(24(15)30)19-6-7-28-21-11-18(36-25(19)21)14-31-22(32)4-5-23(31)33/h6-7,9-11,17H,2-5,8,12-14H2,1H3. The third kappa shape index (κ3) is 3.90. The van der Waals surface area contributed by atoms with Gasteiger partial charge >= 0.3 is 6.09 Å². The second-order valence-corrected chi connectivity index (χ2v) is 11.0. The van der Waals surface area contributed by atoms with E-state index in [1.54, 1.807) is 22.4 Å². The van der Waals surface area contributed by atoms with Crippen LogP contribution in [-0.4, -0.2) is 65.5 Å². The molecule has 0 unspecified atom stereocenters. The van der Waals surface area contributed by atoms with Crippen molar-refractivity contribution in [3.63, 3.8) is 0 Å². The van der Waals surface area contributed by atoms with E-state index in [0.29, 0.717) is 18.1 Å². The van der Waals surface area contributed by atoms with E-state index in [1.165, 1.54) is 17.6 Å². The zero-order valence-corrected chi connectivity index (χ0v) is 21.4. The van der Waals surface area contributed by atoms with Crippen LogP contribution in [0.2, 0.25) is 5.02 Å². The first-order chi connectivity index (χ1) is 17.4. The Labute approximate surface area is 217 Å². The number of hydrogen-bond donors (Lipinski definition) is 0. The molecule has 0 spiro atoms. The Morgan fingerprint density at radius 2 is 1.92 bits per heavy atom. The minimum Gasteiger partial charge on any atom is -0.453 e. The molecular formula is C26H25ClN4O4S. The van der Waals surface area contributed by atoms with Crippen LogP contribution in [0.25, 0.3) is 21.3 Å². The number of ether oxygens (including phenoxy) is 1. The highest BCUT2D eigenvalue weighted by Gasteiger charge is 2.38. The number of fused-ring (bicyclic) bond motifs is 2. The number of halogens is 1. The van der Waals surface area contributed by atoms with E-state index in [0.717, 1.165) is 51.3 Å². The van der Waals surface area contributed by atoms with Crippen LogP contribution in [0.5, 0.6) is 0 Å². The number of thiophene rings is 1. The van der Waals surface area contributed by atoms with E-state index < -0.39 is 0 Å². The Bertz CT molecular complexity index is 1380. The summed E-state index contributed by atoms with van der Waals surface area (Å²) in [6.07, 6.45) is 4.03. The number of benzene rings is 1. The molecule has 3 aliphatic rings. The van der Waals surface area contributed by atoms with Gasteiger partial charge in [-0.2, -0.15) is 0 Å². The molecule has 3 amide bonds. The quantitative estimate of drug-likeness (QED) is 0.468. The lowest BCUT2D eigenvalue weighted by Gasteiger charge is -2.48. The smallest absolute Gasteiger partial charge is 0.409 e. The summed E-state index contributed by atoms with van der Waals surface area (Å²) < 4.78 is 5.89. The highest BCUT2D eigenvalue weighted by molar-refractivity contribution is 7.19. The van der Waals surface area contributed by atoms with Crippen molar-refractivity contribution in [1.82, 2.24) is 14.8 Å². The van der Waals surface area contributed by atoms with Crippen molar-refractivity contribution in [2.45, 2.75) is 38.3 Å². The number of carbonyl (C=O) groups excluding carboxylic acids is 3. The normalized spacial score (nSPS) is 18.1. The first kappa shape index (κ1) is 23.2. The highest BCUT2D eigenvalue weighted by atomic mass is 35.5. The molecule has 0 aliphatic carbocycles. The van der Waals surface area contributed by atoms with E-state index in [2.05, 4.69) is 9.88 Å². The average molecular weight is 525 g/mol. The number of likely N-dealkylation sites (tertiary alicyclic amines) is 2. The van der Waals surface area contributed by atoms with Crippen molar-refractivity contribution in [2.75, 3.05) is 31.6 Å². The van der Waals surface area contributed by atoms with Gasteiger partial charge in [0.15, 0.2) is 0 Å². The SMILES string of the molecule is COC(=O)N1CC(N2CCCc3cc(Cl)cc(-c4ccnc5cc(CN6C(=O)CCC6=O)sc45)c32)C1. The van der Waals surface area contributed by atoms with Gasteiger partial charge in [0.25, 0.3) is 0 Å². The fourth-order valence-electron chi connectivity index (χ4n) is 5.47. The van der Waals surface area contributed by atoms with Crippen molar-refractivity contribution in [2.24, 2.45) is 0 Å². The molecule has 6 rings (SSSR count). The second kappa shape index (κ2) is 9.05. The topological polar surface area (TPSA) is 83.1 Å². The summed E-state index contributed by atoms with van der Waals surface area (Å²) in [4.78, 5) is 47.2. The Kier molecular flexibility index (Phi) is 5.84. The first-order valence-corrected chi connectivity index (χ1v) is 13.3. The van der Waals surface area contributed by atoms with Crippen molar-refractivity contribution < 1.29 is 19.1 Å². The molecule has 3 aliphatic heterocycles. The Balaban J connectivity index is 1.39. The number of nitrogens with zero attached hydrogens (tertiary/aromatic N) is 4. The van der Waals surface area contributed by atoms with Crippen LogP contribution >= 0.6 is 22.9 Å². The number of anilines is 1. The molecule has 1 aromatic carbocycles. The summed E-state index contributed by atoms with van der Waals surface area (Å²) in [6.45, 7) is 2.44. The van der Waals surface area contributed by atoms with Gasteiger partial charge < -0.3 is 14.5 Å². The van der Waals surface area contributed by atoms with Crippen molar-refractivity contribution in [3.8, 4) is 11.1 Å². The molecule has 8 nitrogen and oxygen atoms in total. The largest absolute Gasteiger partial charge is 0.453 e. The third-order valence-electron chi connectivity index (χ3n) is 7.24. The van der Waals surface area contributed by atoms with Crippen LogP contribution in [-0.2, 0) is 27.3 Å². The average Bonchev–Trinajstić information content (AvgIpc) is 3.40. The van der Waals surface area contributed by atoms with Crippen LogP contribution in [0.1, 0.15) is 29.7 Å². The van der Waals surface area contributed by atoms with E-state index in [-0.39, 0.29) is 43.3 Å². The van der Waals surface area contributed by atoms with Crippen molar-refractivity contribution >= 4 is 56.7 Å². The fraction of sp³-hybridized carbons (Fsp3) is 0.385. The first-order valence-electron chi connectivity index (χ1n) is 12.1. The maximum Gasteiger partial charge on any atom is 0.409 e. The third-order valence-corrected chi connectivity index (χ3v) is 8.60. The summed E-state index contributed by atoms with van der Waals surface area (Å²) >= 11 is 8.17. The Hall–Kier alpha value is -3.17. The van der Waals surface area contributed by atoms with Gasteiger partial charge in [-0.05, 0) is 42.7 Å². The predicted octanol–water partition coefficient (Wildman–Crippen LogP) is 4.47. The molecule has 0 radical (unpaired) electrons. The van der Waals surface area contributed by atoms with Crippen molar-refractivity contribution in [1.29, 1.82) is 0 Å². The number of amides is 3. The fourth-order valence-corrected chi connectivity index (χ4v) is 6.84. The summed E-state index contributed by atoms with van der Waals surface area (Å²) in [5.74, 6) is -0.238. The van der Waals surface area contributed by atoms with Gasteiger partial charge in [0.1, 0.15) is 0 Å². The van der Waals surface area contributed by atoms with Crippen LogP contribution in [0.3, 0.4) is 0 Å². The number of aryl methyl sites for hydroxylation is 1. The molecule has 3 aromatic rings. The van der Waals surface area contributed by atoms with E-state index >= 15 is 0 Å². The van der Waals surface area contributed by atoms with Crippen LogP contribution in [0.15, 0.2) is 30.5 Å². The molecule has 0 bridgehead atoms. The van der Waals surface area contributed by atoms with Gasteiger partial charge in [-0.25, -0.2) is 4.79 Å². The van der Waals surface area contributed by atoms with Crippen molar-refractivity contribution in [3.05, 3.63) is 45.9 Å². The zero-order valence-electron chi connectivity index (χ0n) is 19.8. The van der Waals surface area contributed by atoms with Crippen LogP contribution in [0.4, 0.5) is 10.5 Å². The molecule has 2 fully saturated rings. The van der Waals surface area contributed by atoms with E-state index in [4.69, 9.17) is 16.3 Å². The number of hydrogen-bond acceptors (Lipinski definition) is 7. The lowest BCUT2D eigenvalue weighted by Crippen LogP contribution is -2.62. The molecule has 36 heavy (non-hydrogen) atoms. The molecule has 0 saturated carbocycles. The summed E-state index contributed by atoms with van der Waals surface area (Å²) in [6, 6.07) is 8.25. The number of pyridine rings is 1. The number of rotatable bonds is 4. The van der Waals surface area contributed by atoms with Gasteiger partial charge in [-0.1, -0.05) is 11.6 Å². The molecule has 0 N–H and O–H groups in total. The maximum absolute atomic E-state index is 12.2. The number of carbonyl (C=O) groups is 3. The molecule has 2 saturated heterocycles. The van der Waals surface area contributed by atoms with Gasteiger partial charge in [0, 0.05) is 65.4 Å². The minimum atomic E-state index is -0.295. The van der Waals surface area contributed by atoms with Gasteiger partial charge in [-0.15, -0.1) is 11.3 Å². The maximum atomic E-state index is 12.2. The molecular weight excluding hydrogens is 500 g/mol. The summed E-state index contributed by atoms with van der Waals surface area (Å²) in [7, 11) is 1.41. The van der Waals surface area contributed by atoms with Gasteiger partial charge in [-0.3, -0.25) is 19.5 Å². The molecule has 2 aromatic heterocycles. The molecule has 186 valence electrons. The zero-order chi connectivity index (χ0) is 25.0. The highest BCUT2D eigenvalue weighted by Crippen LogP contribution is 2.45. The second-order valence-electron chi connectivity index (χ2n) is 9.45. The summed E-state index contributed by atoms with van der Waals surface area (Å²) in [5.41, 5.74) is 5.28. The number of imide groups is 1. The summed E-state index contributed by atoms with van der Waals surface area (Å²) in [5, 5.41) is 0.686. The van der Waals surface area contributed by atoms with Gasteiger partial charge in [0.2, 0.25) is 11.8 Å².